The van der Waals surface area contributed by atoms with Gasteiger partial charge in [-0.25, -0.2) is 0 Å². The van der Waals surface area contributed by atoms with Gasteiger partial charge in [-0.3, -0.25) is 4.79 Å². The van der Waals surface area contributed by atoms with Crippen LogP contribution in [0, 0.1) is 0 Å². The van der Waals surface area contributed by atoms with Gasteiger partial charge >= 0.3 is 0 Å². The van der Waals surface area contributed by atoms with Crippen molar-refractivity contribution in [1.29, 1.82) is 0 Å². The molecule has 0 fully saturated rings. The summed E-state index contributed by atoms with van der Waals surface area (Å²) in [5, 5.41) is 5.06. The van der Waals surface area contributed by atoms with E-state index in [1.165, 1.54) is 11.3 Å². The van der Waals surface area contributed by atoms with E-state index in [1.807, 2.05) is 30.3 Å². The Balaban J connectivity index is 2.15. The molecule has 0 spiro atoms. The molecular formula is C11H8ClNOS. The second kappa shape index (κ2) is 4.47. The third-order valence-electron chi connectivity index (χ3n) is 1.86. The Kier molecular flexibility index (Phi) is 3.04. The summed E-state index contributed by atoms with van der Waals surface area (Å²) in [6, 6.07) is 11.0. The van der Waals surface area contributed by atoms with Gasteiger partial charge in [-0.15, -0.1) is 11.3 Å². The molecule has 0 saturated heterocycles. The van der Waals surface area contributed by atoms with Crippen molar-refractivity contribution in [2.45, 2.75) is 0 Å². The Morgan fingerprint density at radius 3 is 2.53 bits per heavy atom. The van der Waals surface area contributed by atoms with Gasteiger partial charge in [0.15, 0.2) is 0 Å². The molecule has 2 aromatic rings. The molecule has 1 aromatic carbocycles. The molecule has 4 heteroatoms. The SMILES string of the molecule is O=C(Nc1ccccc1)c1sccc1Cl. The maximum absolute atomic E-state index is 11.7. The number of thiophene rings is 1. The third-order valence-corrected chi connectivity index (χ3v) is 3.20. The molecule has 0 aliphatic rings. The Bertz CT molecular complexity index is 466. The van der Waals surface area contributed by atoms with Crippen LogP contribution in [0.3, 0.4) is 0 Å². The fourth-order valence-corrected chi connectivity index (χ4v) is 2.20. The van der Waals surface area contributed by atoms with E-state index in [-0.39, 0.29) is 5.91 Å². The summed E-state index contributed by atoms with van der Waals surface area (Å²) >= 11 is 7.18. The van der Waals surface area contributed by atoms with Crippen LogP contribution in [0.5, 0.6) is 0 Å². The first-order valence-electron chi connectivity index (χ1n) is 4.37. The minimum absolute atomic E-state index is 0.166. The standard InChI is InChI=1S/C11H8ClNOS/c12-9-6-7-15-10(9)11(14)13-8-4-2-1-3-5-8/h1-7H,(H,13,14). The van der Waals surface area contributed by atoms with Crippen LogP contribution in [-0.2, 0) is 0 Å². The van der Waals surface area contributed by atoms with Crippen molar-refractivity contribution < 1.29 is 4.79 Å². The molecule has 1 N–H and O–H groups in total. The van der Waals surface area contributed by atoms with Gasteiger partial charge in [0, 0.05) is 5.69 Å². The van der Waals surface area contributed by atoms with E-state index in [9.17, 15) is 4.79 Å². The summed E-state index contributed by atoms with van der Waals surface area (Å²) < 4.78 is 0. The fraction of sp³-hybridized carbons (Fsp3) is 0. The van der Waals surface area contributed by atoms with Crippen LogP contribution in [0.1, 0.15) is 9.67 Å². The predicted octanol–water partition coefficient (Wildman–Crippen LogP) is 3.65. The molecule has 1 amide bonds. The third kappa shape index (κ3) is 2.37. The molecule has 15 heavy (non-hydrogen) atoms. The quantitative estimate of drug-likeness (QED) is 0.849. The number of nitrogens with one attached hydrogen (secondary N) is 1. The number of carbonyl (C=O) groups is 1. The van der Waals surface area contributed by atoms with Crippen molar-refractivity contribution in [2.75, 3.05) is 5.32 Å². The van der Waals surface area contributed by atoms with E-state index in [1.54, 1.807) is 11.4 Å². The number of hydrogen-bond donors (Lipinski definition) is 1. The Morgan fingerprint density at radius 1 is 1.20 bits per heavy atom. The molecule has 76 valence electrons. The van der Waals surface area contributed by atoms with Gasteiger partial charge in [-0.2, -0.15) is 0 Å². The zero-order valence-electron chi connectivity index (χ0n) is 7.74. The summed E-state index contributed by atoms with van der Waals surface area (Å²) in [6.07, 6.45) is 0. The second-order valence-electron chi connectivity index (χ2n) is 2.92. The molecule has 0 radical (unpaired) electrons. The summed E-state index contributed by atoms with van der Waals surface area (Å²) in [5.41, 5.74) is 0.770. The molecule has 2 nitrogen and oxygen atoms in total. The topological polar surface area (TPSA) is 29.1 Å². The monoisotopic (exact) mass is 237 g/mol. The lowest BCUT2D eigenvalue weighted by atomic mass is 10.3. The number of para-hydroxylation sites is 1. The number of rotatable bonds is 2. The van der Waals surface area contributed by atoms with Crippen LogP contribution < -0.4 is 5.32 Å². The highest BCUT2D eigenvalue weighted by Gasteiger charge is 2.11. The maximum atomic E-state index is 11.7. The molecule has 0 unspecified atom stereocenters. The summed E-state index contributed by atoms with van der Waals surface area (Å²) in [7, 11) is 0. The minimum Gasteiger partial charge on any atom is -0.321 e. The largest absolute Gasteiger partial charge is 0.321 e. The summed E-state index contributed by atoms with van der Waals surface area (Å²) in [5.74, 6) is -0.166. The number of anilines is 1. The number of carbonyl (C=O) groups excluding carboxylic acids is 1. The Morgan fingerprint density at radius 2 is 1.93 bits per heavy atom. The Labute approximate surface area is 96.5 Å². The maximum Gasteiger partial charge on any atom is 0.267 e. The number of halogens is 1. The van der Waals surface area contributed by atoms with E-state index in [0.717, 1.165) is 5.69 Å². The first-order chi connectivity index (χ1) is 7.27. The van der Waals surface area contributed by atoms with Gasteiger partial charge in [-0.1, -0.05) is 29.8 Å². The molecule has 1 heterocycles. The van der Waals surface area contributed by atoms with E-state index < -0.39 is 0 Å². The van der Waals surface area contributed by atoms with Gasteiger partial charge in [0.25, 0.3) is 5.91 Å². The lowest BCUT2D eigenvalue weighted by Crippen LogP contribution is -2.10. The molecule has 2 rings (SSSR count). The van der Waals surface area contributed by atoms with Crippen LogP contribution in [0.25, 0.3) is 0 Å². The van der Waals surface area contributed by atoms with Gasteiger partial charge in [0.2, 0.25) is 0 Å². The van der Waals surface area contributed by atoms with Crippen LogP contribution in [0.4, 0.5) is 5.69 Å². The molecular weight excluding hydrogens is 230 g/mol. The molecule has 0 atom stereocenters. The average molecular weight is 238 g/mol. The molecule has 0 aliphatic carbocycles. The highest BCUT2D eigenvalue weighted by molar-refractivity contribution is 7.12. The first kappa shape index (κ1) is 10.2. The van der Waals surface area contributed by atoms with Crippen molar-refractivity contribution in [2.24, 2.45) is 0 Å². The fourth-order valence-electron chi connectivity index (χ4n) is 1.17. The molecule has 0 bridgehead atoms. The van der Waals surface area contributed by atoms with Crippen LogP contribution in [-0.4, -0.2) is 5.91 Å². The molecule has 1 aromatic heterocycles. The number of benzene rings is 1. The van der Waals surface area contributed by atoms with E-state index in [4.69, 9.17) is 11.6 Å². The van der Waals surface area contributed by atoms with Crippen molar-refractivity contribution in [3.8, 4) is 0 Å². The van der Waals surface area contributed by atoms with Crippen molar-refractivity contribution in [3.05, 3.63) is 51.7 Å². The molecule has 0 saturated carbocycles. The van der Waals surface area contributed by atoms with Gasteiger partial charge < -0.3 is 5.32 Å². The second-order valence-corrected chi connectivity index (χ2v) is 4.24. The zero-order valence-corrected chi connectivity index (χ0v) is 9.31. The van der Waals surface area contributed by atoms with Gasteiger partial charge in [0.05, 0.1) is 5.02 Å². The van der Waals surface area contributed by atoms with Gasteiger partial charge in [-0.05, 0) is 23.6 Å². The highest BCUT2D eigenvalue weighted by Crippen LogP contribution is 2.22. The van der Waals surface area contributed by atoms with Crippen LogP contribution in [0.15, 0.2) is 41.8 Å². The predicted molar refractivity (Wildman–Crippen MR) is 63.7 cm³/mol. The van der Waals surface area contributed by atoms with E-state index in [2.05, 4.69) is 5.32 Å². The van der Waals surface area contributed by atoms with Crippen molar-refractivity contribution >= 4 is 34.5 Å². The van der Waals surface area contributed by atoms with E-state index in [0.29, 0.717) is 9.90 Å². The lowest BCUT2D eigenvalue weighted by molar-refractivity contribution is 0.103. The minimum atomic E-state index is -0.166. The first-order valence-corrected chi connectivity index (χ1v) is 5.62. The van der Waals surface area contributed by atoms with Gasteiger partial charge in [0.1, 0.15) is 4.88 Å². The van der Waals surface area contributed by atoms with Crippen LogP contribution >= 0.6 is 22.9 Å². The van der Waals surface area contributed by atoms with E-state index >= 15 is 0 Å². The number of amides is 1. The summed E-state index contributed by atoms with van der Waals surface area (Å²) in [6.45, 7) is 0. The number of hydrogen-bond acceptors (Lipinski definition) is 2. The Hall–Kier alpha value is -1.32. The van der Waals surface area contributed by atoms with Crippen LogP contribution in [0.2, 0.25) is 5.02 Å². The highest BCUT2D eigenvalue weighted by atomic mass is 35.5. The normalized spacial score (nSPS) is 9.93. The molecule has 0 aliphatic heterocycles. The lowest BCUT2D eigenvalue weighted by Gasteiger charge is -2.02. The van der Waals surface area contributed by atoms with Crippen molar-refractivity contribution in [3.63, 3.8) is 0 Å². The average Bonchev–Trinajstić information content (AvgIpc) is 2.66. The van der Waals surface area contributed by atoms with Crippen molar-refractivity contribution in [1.82, 2.24) is 0 Å². The zero-order chi connectivity index (χ0) is 10.7. The smallest absolute Gasteiger partial charge is 0.267 e. The summed E-state index contributed by atoms with van der Waals surface area (Å²) in [4.78, 5) is 12.3.